The van der Waals surface area contributed by atoms with Crippen LogP contribution in [0.15, 0.2) is 22.9 Å². The number of aliphatic hydroxyl groups is 1. The molecule has 2 heterocycles. The molecule has 108 valence electrons. The van der Waals surface area contributed by atoms with E-state index in [1.807, 2.05) is 13.8 Å². The van der Waals surface area contributed by atoms with Crippen molar-refractivity contribution in [1.29, 1.82) is 0 Å². The van der Waals surface area contributed by atoms with Gasteiger partial charge in [-0.3, -0.25) is 0 Å². The smallest absolute Gasteiger partial charge is 0.213 e. The topological polar surface area (TPSA) is 63.8 Å². The normalized spacial score (nSPS) is 12.9. The Labute approximate surface area is 125 Å². The maximum absolute atomic E-state index is 12.9. The van der Waals surface area contributed by atoms with E-state index in [-0.39, 0.29) is 0 Å². The molecule has 0 saturated heterocycles. The Balaban J connectivity index is 2.09. The minimum atomic E-state index is -0.612. The zero-order valence-corrected chi connectivity index (χ0v) is 12.9. The van der Waals surface area contributed by atoms with Gasteiger partial charge in [0, 0.05) is 5.56 Å². The lowest BCUT2D eigenvalue weighted by molar-refractivity contribution is 0.146. The third kappa shape index (κ3) is 3.83. The van der Waals surface area contributed by atoms with Crippen LogP contribution in [0.3, 0.4) is 0 Å². The van der Waals surface area contributed by atoms with Gasteiger partial charge in [0.05, 0.1) is 18.8 Å². The molecule has 0 aliphatic carbocycles. The Bertz CT molecular complexity index is 588. The number of pyridine rings is 1. The fourth-order valence-electron chi connectivity index (χ4n) is 1.84. The molecule has 2 aromatic rings. The van der Waals surface area contributed by atoms with Gasteiger partial charge in [0.2, 0.25) is 5.95 Å². The van der Waals surface area contributed by atoms with Crippen LogP contribution in [0.25, 0.3) is 0 Å². The van der Waals surface area contributed by atoms with Gasteiger partial charge in [-0.1, -0.05) is 19.1 Å². The lowest BCUT2D eigenvalue weighted by Gasteiger charge is -2.09. The molecule has 1 atom stereocenters. The minimum Gasteiger partial charge on any atom is -0.387 e. The van der Waals surface area contributed by atoms with Crippen molar-refractivity contribution >= 4 is 15.9 Å². The van der Waals surface area contributed by atoms with Crippen LogP contribution in [0, 0.1) is 11.9 Å². The number of hydrogen-bond donors (Lipinski definition) is 1. The number of aromatic nitrogens is 4. The monoisotopic (exact) mass is 342 g/mol. The predicted octanol–water partition coefficient (Wildman–Crippen LogP) is 2.70. The lowest BCUT2D eigenvalue weighted by Crippen LogP contribution is -2.03. The van der Waals surface area contributed by atoms with Crippen molar-refractivity contribution < 1.29 is 9.50 Å². The minimum absolute atomic E-state index is 0.380. The standard InChI is InChI=1S/C13H16BrFN4O/c1-8(2)5-11(20)10-7-19(18-17-10)6-9-3-4-12(15)16-13(9)14/h3-4,7-8,11,20H,5-6H2,1-2H3. The first-order chi connectivity index (χ1) is 9.45. The zero-order valence-electron chi connectivity index (χ0n) is 11.3. The molecule has 0 bridgehead atoms. The molecule has 0 spiro atoms. The summed E-state index contributed by atoms with van der Waals surface area (Å²) in [5.74, 6) is -0.155. The van der Waals surface area contributed by atoms with E-state index < -0.39 is 12.1 Å². The molecule has 1 N–H and O–H groups in total. The Morgan fingerprint density at radius 1 is 1.40 bits per heavy atom. The van der Waals surface area contributed by atoms with Crippen molar-refractivity contribution in [2.24, 2.45) is 5.92 Å². The summed E-state index contributed by atoms with van der Waals surface area (Å²) in [4.78, 5) is 3.69. The van der Waals surface area contributed by atoms with E-state index in [1.165, 1.54) is 6.07 Å². The first-order valence-corrected chi connectivity index (χ1v) is 7.14. The maximum Gasteiger partial charge on any atom is 0.213 e. The van der Waals surface area contributed by atoms with Gasteiger partial charge in [-0.2, -0.15) is 4.39 Å². The second kappa shape index (κ2) is 6.41. The Morgan fingerprint density at radius 3 is 2.80 bits per heavy atom. The summed E-state index contributed by atoms with van der Waals surface area (Å²) in [7, 11) is 0. The lowest BCUT2D eigenvalue weighted by atomic mass is 10.0. The maximum atomic E-state index is 12.9. The first kappa shape index (κ1) is 15.1. The van der Waals surface area contributed by atoms with Gasteiger partial charge in [-0.15, -0.1) is 5.10 Å². The van der Waals surface area contributed by atoms with Gasteiger partial charge in [-0.05, 0) is 40.4 Å². The van der Waals surface area contributed by atoms with E-state index in [9.17, 15) is 9.50 Å². The van der Waals surface area contributed by atoms with Crippen molar-refractivity contribution in [3.05, 3.63) is 40.1 Å². The zero-order chi connectivity index (χ0) is 14.7. The number of nitrogens with zero attached hydrogens (tertiary/aromatic N) is 4. The third-order valence-electron chi connectivity index (χ3n) is 2.82. The van der Waals surface area contributed by atoms with Crippen molar-refractivity contribution in [1.82, 2.24) is 20.0 Å². The SMILES string of the molecule is CC(C)CC(O)c1cn(Cc2ccc(F)nc2Br)nn1. The number of aliphatic hydroxyl groups excluding tert-OH is 1. The van der Waals surface area contributed by atoms with Crippen LogP contribution in [-0.2, 0) is 6.54 Å². The van der Waals surface area contributed by atoms with Crippen LogP contribution in [0.4, 0.5) is 4.39 Å². The van der Waals surface area contributed by atoms with Crippen LogP contribution in [0.1, 0.15) is 37.6 Å². The van der Waals surface area contributed by atoms with Gasteiger partial charge in [0.15, 0.2) is 0 Å². The van der Waals surface area contributed by atoms with Crippen LogP contribution in [-0.4, -0.2) is 25.1 Å². The summed E-state index contributed by atoms with van der Waals surface area (Å²) in [6.07, 6.45) is 1.72. The van der Waals surface area contributed by atoms with Gasteiger partial charge in [-0.25, -0.2) is 9.67 Å². The molecule has 0 fully saturated rings. The molecule has 0 aliphatic heterocycles. The Kier molecular flexibility index (Phi) is 4.82. The molecule has 20 heavy (non-hydrogen) atoms. The van der Waals surface area contributed by atoms with E-state index in [0.29, 0.717) is 29.2 Å². The van der Waals surface area contributed by atoms with E-state index in [0.717, 1.165) is 5.56 Å². The molecule has 2 aromatic heterocycles. The largest absolute Gasteiger partial charge is 0.387 e. The first-order valence-electron chi connectivity index (χ1n) is 6.34. The second-order valence-corrected chi connectivity index (χ2v) is 5.82. The van der Waals surface area contributed by atoms with Crippen LogP contribution in [0.2, 0.25) is 0 Å². The van der Waals surface area contributed by atoms with Gasteiger partial charge in [0.25, 0.3) is 0 Å². The number of hydrogen-bond acceptors (Lipinski definition) is 4. The fourth-order valence-corrected chi connectivity index (χ4v) is 2.27. The van der Waals surface area contributed by atoms with E-state index >= 15 is 0 Å². The molecule has 7 heteroatoms. The van der Waals surface area contributed by atoms with Gasteiger partial charge >= 0.3 is 0 Å². The predicted molar refractivity (Wildman–Crippen MR) is 75.4 cm³/mol. The van der Waals surface area contributed by atoms with Crippen LogP contribution in [0.5, 0.6) is 0 Å². The quantitative estimate of drug-likeness (QED) is 0.848. The molecule has 2 rings (SSSR count). The fraction of sp³-hybridized carbons (Fsp3) is 0.462. The molecule has 0 aromatic carbocycles. The van der Waals surface area contributed by atoms with Gasteiger partial charge in [0.1, 0.15) is 10.3 Å². The summed E-state index contributed by atoms with van der Waals surface area (Å²) in [6, 6.07) is 2.93. The molecule has 0 saturated carbocycles. The van der Waals surface area contributed by atoms with Crippen molar-refractivity contribution in [3.63, 3.8) is 0 Å². The Morgan fingerprint density at radius 2 is 2.15 bits per heavy atom. The summed E-state index contributed by atoms with van der Waals surface area (Å²) in [5.41, 5.74) is 1.34. The summed E-state index contributed by atoms with van der Waals surface area (Å²) >= 11 is 3.21. The molecule has 0 aliphatic rings. The van der Waals surface area contributed by atoms with E-state index in [1.54, 1.807) is 16.9 Å². The highest BCUT2D eigenvalue weighted by atomic mass is 79.9. The molecule has 1 unspecified atom stereocenters. The van der Waals surface area contributed by atoms with E-state index in [2.05, 4.69) is 31.2 Å². The average Bonchev–Trinajstić information content (AvgIpc) is 2.80. The van der Waals surface area contributed by atoms with Crippen molar-refractivity contribution in [2.45, 2.75) is 32.9 Å². The summed E-state index contributed by atoms with van der Waals surface area (Å²) < 4.78 is 14.9. The summed E-state index contributed by atoms with van der Waals surface area (Å²) in [6.45, 7) is 4.49. The van der Waals surface area contributed by atoms with E-state index in [4.69, 9.17) is 0 Å². The van der Waals surface area contributed by atoms with Crippen LogP contribution < -0.4 is 0 Å². The highest BCUT2D eigenvalue weighted by molar-refractivity contribution is 9.10. The molecular weight excluding hydrogens is 327 g/mol. The number of rotatable bonds is 5. The number of halogens is 2. The third-order valence-corrected chi connectivity index (χ3v) is 3.50. The molecule has 5 nitrogen and oxygen atoms in total. The molecular formula is C13H16BrFN4O. The Hall–Kier alpha value is -1.34. The van der Waals surface area contributed by atoms with Crippen molar-refractivity contribution in [3.8, 4) is 0 Å². The van der Waals surface area contributed by atoms with Crippen LogP contribution >= 0.6 is 15.9 Å². The summed E-state index contributed by atoms with van der Waals surface area (Å²) in [5, 5.41) is 17.9. The molecule has 0 amide bonds. The highest BCUT2D eigenvalue weighted by Gasteiger charge is 2.14. The van der Waals surface area contributed by atoms with Crippen molar-refractivity contribution in [2.75, 3.05) is 0 Å². The highest BCUT2D eigenvalue weighted by Crippen LogP contribution is 2.19. The van der Waals surface area contributed by atoms with Gasteiger partial charge < -0.3 is 5.11 Å². The second-order valence-electron chi connectivity index (χ2n) is 5.07. The average molecular weight is 343 g/mol. The molecule has 0 radical (unpaired) electrons.